The Bertz CT molecular complexity index is 1050. The van der Waals surface area contributed by atoms with Gasteiger partial charge < -0.3 is 5.32 Å². The third-order valence-electron chi connectivity index (χ3n) is 4.64. The van der Waals surface area contributed by atoms with Gasteiger partial charge in [-0.3, -0.25) is 9.59 Å². The van der Waals surface area contributed by atoms with Gasteiger partial charge >= 0.3 is 0 Å². The van der Waals surface area contributed by atoms with Crippen molar-refractivity contribution in [3.05, 3.63) is 87.6 Å². The molecular formula is C24H25N3O2S. The number of nitrogens with one attached hydrogen (secondary N) is 2. The fourth-order valence-corrected chi connectivity index (χ4v) is 3.40. The minimum Gasteiger partial charge on any atom is -0.321 e. The summed E-state index contributed by atoms with van der Waals surface area (Å²) in [5, 5.41) is 8.93. The second kappa shape index (κ2) is 9.05. The topological polar surface area (TPSA) is 70.6 Å². The van der Waals surface area contributed by atoms with Crippen LogP contribution in [0.3, 0.4) is 0 Å². The third kappa shape index (κ3) is 5.42. The lowest BCUT2D eigenvalue weighted by atomic mass is 9.87. The van der Waals surface area contributed by atoms with Crippen molar-refractivity contribution < 1.29 is 9.59 Å². The number of hydrazone groups is 1. The van der Waals surface area contributed by atoms with E-state index in [0.717, 1.165) is 5.56 Å². The van der Waals surface area contributed by atoms with Crippen LogP contribution in [0.1, 0.15) is 58.9 Å². The van der Waals surface area contributed by atoms with Gasteiger partial charge in [-0.25, -0.2) is 5.43 Å². The number of thiophene rings is 1. The van der Waals surface area contributed by atoms with E-state index in [1.165, 1.54) is 16.9 Å². The number of amides is 2. The van der Waals surface area contributed by atoms with Crippen LogP contribution in [0.25, 0.3) is 0 Å². The van der Waals surface area contributed by atoms with Crippen molar-refractivity contribution in [3.8, 4) is 0 Å². The summed E-state index contributed by atoms with van der Waals surface area (Å²) in [4.78, 5) is 25.1. The van der Waals surface area contributed by atoms with Crippen LogP contribution in [-0.2, 0) is 5.41 Å². The highest BCUT2D eigenvalue weighted by atomic mass is 32.1. The molecule has 0 radical (unpaired) electrons. The minimum absolute atomic E-state index is 0.0408. The molecule has 1 heterocycles. The molecular weight excluding hydrogens is 394 g/mol. The Morgan fingerprint density at radius 2 is 1.50 bits per heavy atom. The first-order valence-electron chi connectivity index (χ1n) is 9.64. The highest BCUT2D eigenvalue weighted by Gasteiger charge is 2.14. The van der Waals surface area contributed by atoms with Crippen molar-refractivity contribution in [2.75, 3.05) is 5.32 Å². The third-order valence-corrected chi connectivity index (χ3v) is 5.51. The van der Waals surface area contributed by atoms with Crippen molar-refractivity contribution in [1.29, 1.82) is 0 Å². The lowest BCUT2D eigenvalue weighted by Crippen LogP contribution is -2.20. The van der Waals surface area contributed by atoms with Crippen LogP contribution in [0.5, 0.6) is 0 Å². The van der Waals surface area contributed by atoms with E-state index in [4.69, 9.17) is 0 Å². The highest BCUT2D eigenvalue weighted by Crippen LogP contribution is 2.22. The van der Waals surface area contributed by atoms with Gasteiger partial charge in [0.05, 0.1) is 10.6 Å². The van der Waals surface area contributed by atoms with Gasteiger partial charge in [0.15, 0.2) is 0 Å². The summed E-state index contributed by atoms with van der Waals surface area (Å²) in [5.74, 6) is -0.387. The predicted octanol–water partition coefficient (Wildman–Crippen LogP) is 5.45. The zero-order chi connectivity index (χ0) is 21.7. The summed E-state index contributed by atoms with van der Waals surface area (Å²) in [6.45, 7) is 8.22. The summed E-state index contributed by atoms with van der Waals surface area (Å²) in [6.07, 6.45) is 0. The van der Waals surface area contributed by atoms with Crippen molar-refractivity contribution >= 4 is 34.6 Å². The Kier molecular flexibility index (Phi) is 6.47. The zero-order valence-corrected chi connectivity index (χ0v) is 18.3. The van der Waals surface area contributed by atoms with Crippen LogP contribution < -0.4 is 10.7 Å². The quantitative estimate of drug-likeness (QED) is 0.426. The van der Waals surface area contributed by atoms with E-state index >= 15 is 0 Å². The number of carbonyl (C=O) groups excluding carboxylic acids is 2. The monoisotopic (exact) mass is 419 g/mol. The number of carbonyl (C=O) groups is 2. The Labute approximate surface area is 180 Å². The molecule has 2 aromatic carbocycles. The van der Waals surface area contributed by atoms with Gasteiger partial charge in [0.25, 0.3) is 11.8 Å². The molecule has 0 saturated carbocycles. The molecule has 0 fully saturated rings. The number of benzene rings is 2. The second-order valence-electron chi connectivity index (χ2n) is 7.97. The van der Waals surface area contributed by atoms with E-state index in [1.54, 1.807) is 6.07 Å². The van der Waals surface area contributed by atoms with Crippen LogP contribution in [0.2, 0.25) is 0 Å². The maximum absolute atomic E-state index is 12.4. The Morgan fingerprint density at radius 1 is 0.867 bits per heavy atom. The fourth-order valence-electron chi connectivity index (χ4n) is 2.78. The van der Waals surface area contributed by atoms with Crippen molar-refractivity contribution in [2.45, 2.75) is 33.1 Å². The van der Waals surface area contributed by atoms with Gasteiger partial charge in [0, 0.05) is 11.3 Å². The molecule has 2 amide bonds. The smallest absolute Gasteiger partial charge is 0.271 e. The highest BCUT2D eigenvalue weighted by molar-refractivity contribution is 7.12. The van der Waals surface area contributed by atoms with E-state index in [1.807, 2.05) is 66.9 Å². The predicted molar refractivity (Wildman–Crippen MR) is 124 cm³/mol. The second-order valence-corrected chi connectivity index (χ2v) is 8.92. The van der Waals surface area contributed by atoms with Crippen molar-refractivity contribution in [1.82, 2.24) is 5.43 Å². The first-order chi connectivity index (χ1) is 14.2. The summed E-state index contributed by atoms with van der Waals surface area (Å²) < 4.78 is 0. The van der Waals surface area contributed by atoms with Gasteiger partial charge in [-0.2, -0.15) is 5.10 Å². The van der Waals surface area contributed by atoms with Crippen LogP contribution in [0.15, 0.2) is 71.1 Å². The maximum atomic E-state index is 12.4. The molecule has 0 aliphatic heterocycles. The zero-order valence-electron chi connectivity index (χ0n) is 17.5. The Hall–Kier alpha value is -3.25. The summed E-state index contributed by atoms with van der Waals surface area (Å²) in [5.41, 5.74) is 6.60. The lowest BCUT2D eigenvalue weighted by Gasteiger charge is -2.18. The van der Waals surface area contributed by atoms with Crippen LogP contribution in [-0.4, -0.2) is 17.5 Å². The molecule has 6 heteroatoms. The van der Waals surface area contributed by atoms with E-state index in [9.17, 15) is 9.59 Å². The van der Waals surface area contributed by atoms with Gasteiger partial charge in [-0.1, -0.05) is 51.1 Å². The van der Waals surface area contributed by atoms with E-state index < -0.39 is 0 Å². The first-order valence-corrected chi connectivity index (χ1v) is 10.5. The molecule has 154 valence electrons. The summed E-state index contributed by atoms with van der Waals surface area (Å²) >= 11 is 1.40. The molecule has 0 aliphatic carbocycles. The average Bonchev–Trinajstić information content (AvgIpc) is 3.27. The van der Waals surface area contributed by atoms with E-state index in [2.05, 4.69) is 36.6 Å². The fraction of sp³-hybridized carbons (Fsp3) is 0.208. The van der Waals surface area contributed by atoms with Crippen molar-refractivity contribution in [3.63, 3.8) is 0 Å². The number of anilines is 1. The largest absolute Gasteiger partial charge is 0.321 e. The molecule has 3 aromatic rings. The normalized spacial score (nSPS) is 11.8. The lowest BCUT2D eigenvalue weighted by molar-refractivity contribution is 0.0954. The molecule has 30 heavy (non-hydrogen) atoms. The van der Waals surface area contributed by atoms with E-state index in [-0.39, 0.29) is 17.2 Å². The number of nitrogens with zero attached hydrogens (tertiary/aromatic N) is 1. The van der Waals surface area contributed by atoms with Crippen LogP contribution in [0.4, 0.5) is 5.69 Å². The van der Waals surface area contributed by atoms with Gasteiger partial charge in [0.2, 0.25) is 0 Å². The van der Waals surface area contributed by atoms with Gasteiger partial charge in [-0.05, 0) is 59.2 Å². The standard InChI is InChI=1S/C24H25N3O2S/c1-16(26-27-22(28)18-7-11-19(12-8-18)24(2,3)4)17-9-13-20(14-10-17)25-23(29)21-6-5-15-30-21/h5-15H,1-4H3,(H,25,29)(H,27,28). The maximum Gasteiger partial charge on any atom is 0.271 e. The SMILES string of the molecule is CC(=NNC(=O)c1ccc(C(C)(C)C)cc1)c1ccc(NC(=O)c2cccs2)cc1. The molecule has 0 aliphatic rings. The number of hydrogen-bond donors (Lipinski definition) is 2. The number of hydrogen-bond acceptors (Lipinski definition) is 4. The molecule has 0 atom stereocenters. The number of rotatable bonds is 5. The summed E-state index contributed by atoms with van der Waals surface area (Å²) in [7, 11) is 0. The van der Waals surface area contributed by atoms with Gasteiger partial charge in [-0.15, -0.1) is 11.3 Å². The molecule has 2 N–H and O–H groups in total. The Balaban J connectivity index is 1.61. The molecule has 5 nitrogen and oxygen atoms in total. The van der Waals surface area contributed by atoms with Crippen molar-refractivity contribution in [2.24, 2.45) is 5.10 Å². The van der Waals surface area contributed by atoms with E-state index in [0.29, 0.717) is 21.8 Å². The Morgan fingerprint density at radius 3 is 2.07 bits per heavy atom. The molecule has 0 bridgehead atoms. The first kappa shape index (κ1) is 21.5. The summed E-state index contributed by atoms with van der Waals surface area (Å²) in [6, 6.07) is 18.5. The van der Waals surface area contributed by atoms with Gasteiger partial charge in [0.1, 0.15) is 0 Å². The minimum atomic E-state index is -0.255. The molecule has 0 unspecified atom stereocenters. The van der Waals surface area contributed by atoms with Crippen LogP contribution in [0, 0.1) is 0 Å². The molecule has 3 rings (SSSR count). The van der Waals surface area contributed by atoms with Crippen LogP contribution >= 0.6 is 11.3 Å². The molecule has 1 aromatic heterocycles. The average molecular weight is 420 g/mol. The molecule has 0 spiro atoms. The molecule has 0 saturated heterocycles.